The summed E-state index contributed by atoms with van der Waals surface area (Å²) in [6, 6.07) is 10.5. The van der Waals surface area contributed by atoms with E-state index >= 15 is 0 Å². The van der Waals surface area contributed by atoms with Gasteiger partial charge in [-0.1, -0.05) is 25.1 Å². The van der Waals surface area contributed by atoms with Gasteiger partial charge in [0.1, 0.15) is 18.4 Å². The van der Waals surface area contributed by atoms with Crippen molar-refractivity contribution < 1.29 is 17.9 Å². The average molecular weight is 433 g/mol. The van der Waals surface area contributed by atoms with Gasteiger partial charge in [-0.2, -0.15) is 0 Å². The van der Waals surface area contributed by atoms with E-state index in [0.717, 1.165) is 34.3 Å². The Morgan fingerprint density at radius 1 is 1.10 bits per heavy atom. The Hall–Kier alpha value is -2.54. The molecule has 0 aliphatic rings. The van der Waals surface area contributed by atoms with Crippen LogP contribution in [-0.4, -0.2) is 39.8 Å². The lowest BCUT2D eigenvalue weighted by Crippen LogP contribution is -2.50. The van der Waals surface area contributed by atoms with Crippen molar-refractivity contribution in [1.29, 1.82) is 0 Å². The largest absolute Gasteiger partial charge is 0.491 e. The SMILES string of the molecule is CC[C@H](C(=O)NCCOc1cccc(C)c1C)N(c1cc(C)cc(C)c1)S(C)(=O)=O. The van der Waals surface area contributed by atoms with Crippen molar-refractivity contribution in [3.63, 3.8) is 0 Å². The second kappa shape index (κ2) is 9.98. The van der Waals surface area contributed by atoms with Crippen LogP contribution in [0.15, 0.2) is 36.4 Å². The van der Waals surface area contributed by atoms with Gasteiger partial charge in [-0.05, 0) is 74.6 Å². The lowest BCUT2D eigenvalue weighted by Gasteiger charge is -2.30. The molecule has 0 saturated carbocycles. The van der Waals surface area contributed by atoms with E-state index in [1.54, 1.807) is 19.1 Å². The fourth-order valence-electron chi connectivity index (χ4n) is 3.47. The molecule has 7 heteroatoms. The lowest BCUT2D eigenvalue weighted by molar-refractivity contribution is -0.122. The Labute approximate surface area is 180 Å². The summed E-state index contributed by atoms with van der Waals surface area (Å²) in [4.78, 5) is 12.9. The predicted molar refractivity (Wildman–Crippen MR) is 122 cm³/mol. The summed E-state index contributed by atoms with van der Waals surface area (Å²) >= 11 is 0. The highest BCUT2D eigenvalue weighted by molar-refractivity contribution is 7.92. The van der Waals surface area contributed by atoms with Crippen LogP contribution in [-0.2, 0) is 14.8 Å². The number of ether oxygens (including phenoxy) is 1. The zero-order chi connectivity index (χ0) is 22.5. The molecule has 1 N–H and O–H groups in total. The fraction of sp³-hybridized carbons (Fsp3) is 0.435. The van der Waals surface area contributed by atoms with Crippen LogP contribution in [0.4, 0.5) is 5.69 Å². The molecule has 0 saturated heterocycles. The van der Waals surface area contributed by atoms with Gasteiger partial charge in [-0.15, -0.1) is 0 Å². The second-order valence-electron chi connectivity index (χ2n) is 7.67. The molecule has 0 aromatic heterocycles. The zero-order valence-electron chi connectivity index (χ0n) is 18.7. The molecule has 1 amide bonds. The molecule has 0 fully saturated rings. The van der Waals surface area contributed by atoms with E-state index in [0.29, 0.717) is 18.7 Å². The number of sulfonamides is 1. The van der Waals surface area contributed by atoms with E-state index in [9.17, 15) is 13.2 Å². The topological polar surface area (TPSA) is 75.7 Å². The first-order valence-corrected chi connectivity index (χ1v) is 11.9. The van der Waals surface area contributed by atoms with Gasteiger partial charge in [0.15, 0.2) is 0 Å². The normalized spacial score (nSPS) is 12.3. The molecule has 0 radical (unpaired) electrons. The molecule has 6 nitrogen and oxygen atoms in total. The Bertz CT molecular complexity index is 982. The van der Waals surface area contributed by atoms with E-state index < -0.39 is 16.1 Å². The van der Waals surface area contributed by atoms with Gasteiger partial charge in [0.2, 0.25) is 15.9 Å². The highest BCUT2D eigenvalue weighted by Gasteiger charge is 2.31. The number of carbonyl (C=O) groups excluding carboxylic acids is 1. The standard InChI is InChI=1S/C23H32N2O4S/c1-7-21(25(30(6,27)28)20-14-16(2)13-17(3)15-20)23(26)24-11-12-29-22-10-8-9-18(4)19(22)5/h8-10,13-15,21H,7,11-12H2,1-6H3,(H,24,26)/t21-/m1/s1. The number of aryl methyl sites for hydroxylation is 3. The molecule has 0 spiro atoms. The quantitative estimate of drug-likeness (QED) is 0.614. The number of benzene rings is 2. The first-order chi connectivity index (χ1) is 14.0. The number of hydrogen-bond acceptors (Lipinski definition) is 4. The summed E-state index contributed by atoms with van der Waals surface area (Å²) in [6.45, 7) is 10.2. The monoisotopic (exact) mass is 432 g/mol. The number of rotatable bonds is 9. The third-order valence-corrected chi connectivity index (χ3v) is 6.18. The summed E-state index contributed by atoms with van der Waals surface area (Å²) < 4.78 is 32.1. The first kappa shape index (κ1) is 23.7. The molecule has 0 unspecified atom stereocenters. The summed E-state index contributed by atoms with van der Waals surface area (Å²) in [6.07, 6.45) is 1.48. The van der Waals surface area contributed by atoms with E-state index in [4.69, 9.17) is 4.74 Å². The molecule has 1 atom stereocenters. The van der Waals surface area contributed by atoms with E-state index in [2.05, 4.69) is 5.32 Å². The minimum atomic E-state index is -3.65. The van der Waals surface area contributed by atoms with Crippen LogP contribution in [0.25, 0.3) is 0 Å². The molecule has 0 bridgehead atoms. The van der Waals surface area contributed by atoms with Crippen LogP contribution in [0.3, 0.4) is 0 Å². The smallest absolute Gasteiger partial charge is 0.244 e. The van der Waals surface area contributed by atoms with E-state index in [1.807, 2.05) is 52.0 Å². The minimum absolute atomic E-state index is 0.285. The number of carbonyl (C=O) groups is 1. The predicted octanol–water partition coefficient (Wildman–Crippen LogP) is 3.66. The van der Waals surface area contributed by atoms with Gasteiger partial charge < -0.3 is 10.1 Å². The number of anilines is 1. The summed E-state index contributed by atoms with van der Waals surface area (Å²) in [5, 5.41) is 2.82. The molecular weight excluding hydrogens is 400 g/mol. The van der Waals surface area contributed by atoms with Crippen molar-refractivity contribution in [3.8, 4) is 5.75 Å². The van der Waals surface area contributed by atoms with Gasteiger partial charge in [-0.3, -0.25) is 9.10 Å². The Morgan fingerprint density at radius 3 is 2.30 bits per heavy atom. The molecule has 30 heavy (non-hydrogen) atoms. The highest BCUT2D eigenvalue weighted by atomic mass is 32.2. The third kappa shape index (κ3) is 5.98. The molecule has 0 aliphatic carbocycles. The number of nitrogens with zero attached hydrogens (tertiary/aromatic N) is 1. The van der Waals surface area contributed by atoms with Crippen LogP contribution < -0.4 is 14.4 Å². The Balaban J connectivity index is 2.11. The molecule has 2 aromatic carbocycles. The van der Waals surface area contributed by atoms with Crippen molar-refractivity contribution >= 4 is 21.6 Å². The van der Waals surface area contributed by atoms with Crippen molar-refractivity contribution in [3.05, 3.63) is 58.7 Å². The maximum atomic E-state index is 12.9. The summed E-state index contributed by atoms with van der Waals surface area (Å²) in [5.41, 5.74) is 4.59. The lowest BCUT2D eigenvalue weighted by atomic mass is 10.1. The third-order valence-electron chi connectivity index (χ3n) is 5.00. The summed E-state index contributed by atoms with van der Waals surface area (Å²) in [7, 11) is -3.65. The van der Waals surface area contributed by atoms with Gasteiger partial charge >= 0.3 is 0 Å². The van der Waals surface area contributed by atoms with E-state index in [-0.39, 0.29) is 12.5 Å². The summed E-state index contributed by atoms with van der Waals surface area (Å²) in [5.74, 6) is 0.441. The first-order valence-electron chi connectivity index (χ1n) is 10.1. The number of amides is 1. The second-order valence-corrected chi connectivity index (χ2v) is 9.53. The van der Waals surface area contributed by atoms with Crippen LogP contribution in [0.1, 0.15) is 35.6 Å². The van der Waals surface area contributed by atoms with Crippen LogP contribution in [0, 0.1) is 27.7 Å². The Morgan fingerprint density at radius 2 is 1.73 bits per heavy atom. The van der Waals surface area contributed by atoms with Crippen molar-refractivity contribution in [2.75, 3.05) is 23.7 Å². The molecular formula is C23H32N2O4S. The van der Waals surface area contributed by atoms with Gasteiger partial charge in [-0.25, -0.2) is 8.42 Å². The van der Waals surface area contributed by atoms with Crippen LogP contribution in [0.2, 0.25) is 0 Å². The maximum Gasteiger partial charge on any atom is 0.244 e. The van der Waals surface area contributed by atoms with Crippen LogP contribution in [0.5, 0.6) is 5.75 Å². The number of hydrogen-bond donors (Lipinski definition) is 1. The minimum Gasteiger partial charge on any atom is -0.491 e. The highest BCUT2D eigenvalue weighted by Crippen LogP contribution is 2.25. The van der Waals surface area contributed by atoms with Gasteiger partial charge in [0.25, 0.3) is 0 Å². The molecule has 2 aromatic rings. The Kier molecular flexibility index (Phi) is 7.89. The molecule has 2 rings (SSSR count). The number of nitrogens with one attached hydrogen (secondary N) is 1. The van der Waals surface area contributed by atoms with Gasteiger partial charge in [0.05, 0.1) is 18.5 Å². The molecule has 164 valence electrons. The van der Waals surface area contributed by atoms with Crippen molar-refractivity contribution in [2.24, 2.45) is 0 Å². The maximum absolute atomic E-state index is 12.9. The van der Waals surface area contributed by atoms with Crippen LogP contribution >= 0.6 is 0 Å². The fourth-order valence-corrected chi connectivity index (χ4v) is 4.67. The zero-order valence-corrected chi connectivity index (χ0v) is 19.5. The van der Waals surface area contributed by atoms with Crippen molar-refractivity contribution in [2.45, 2.75) is 47.1 Å². The van der Waals surface area contributed by atoms with Crippen molar-refractivity contribution in [1.82, 2.24) is 5.32 Å². The molecule has 0 aliphatic heterocycles. The average Bonchev–Trinajstić information content (AvgIpc) is 2.64. The van der Waals surface area contributed by atoms with E-state index in [1.165, 1.54) is 4.31 Å². The molecule has 0 heterocycles. The van der Waals surface area contributed by atoms with Gasteiger partial charge in [0, 0.05) is 0 Å².